The van der Waals surface area contributed by atoms with Crippen molar-refractivity contribution in [3.8, 4) is 5.75 Å². The van der Waals surface area contributed by atoms with Crippen molar-refractivity contribution in [3.63, 3.8) is 0 Å². The molecule has 0 unspecified atom stereocenters. The van der Waals surface area contributed by atoms with Gasteiger partial charge in [-0.3, -0.25) is 9.13 Å². The molecule has 19 heavy (non-hydrogen) atoms. The lowest BCUT2D eigenvalue weighted by Crippen LogP contribution is -2.25. The molecule has 0 aliphatic rings. The molecule has 0 radical (unpaired) electrons. The van der Waals surface area contributed by atoms with Gasteiger partial charge < -0.3 is 10.5 Å². The maximum absolute atomic E-state index is 12.1. The Morgan fingerprint density at radius 1 is 1.32 bits per heavy atom. The topological polar surface area (TPSA) is 62.2 Å². The number of nitrogens with two attached hydrogens (primary N) is 1. The first-order valence-corrected chi connectivity index (χ1v) is 6.22. The smallest absolute Gasteiger partial charge is 0.328 e. The Bertz CT molecular complexity index is 626. The maximum atomic E-state index is 12.1. The molecule has 2 rings (SSSR count). The summed E-state index contributed by atoms with van der Waals surface area (Å²) in [5.41, 5.74) is 7.27. The Balaban J connectivity index is 2.34. The molecular weight excluding hydrogens is 242 g/mol. The fourth-order valence-electron chi connectivity index (χ4n) is 2.02. The van der Waals surface area contributed by atoms with Crippen LogP contribution < -0.4 is 16.2 Å². The number of nitrogen functional groups attached to an aromatic ring is 1. The number of hydrogen-bond donors (Lipinski definition) is 1. The number of aromatic nitrogens is 2. The van der Waals surface area contributed by atoms with Crippen LogP contribution in [0.4, 0.5) is 5.69 Å². The van der Waals surface area contributed by atoms with E-state index >= 15 is 0 Å². The van der Waals surface area contributed by atoms with Crippen LogP contribution in [0.1, 0.15) is 25.5 Å². The van der Waals surface area contributed by atoms with Crippen LogP contribution in [-0.2, 0) is 6.54 Å². The summed E-state index contributed by atoms with van der Waals surface area (Å²) in [6, 6.07) is 5.61. The van der Waals surface area contributed by atoms with Crippen LogP contribution in [-0.4, -0.2) is 16.2 Å². The van der Waals surface area contributed by atoms with E-state index in [0.717, 1.165) is 5.56 Å². The van der Waals surface area contributed by atoms with Gasteiger partial charge in [0.05, 0.1) is 13.7 Å². The number of imidazole rings is 1. The van der Waals surface area contributed by atoms with E-state index in [0.29, 0.717) is 18.0 Å². The number of rotatable bonds is 4. The van der Waals surface area contributed by atoms with Gasteiger partial charge in [0.2, 0.25) is 0 Å². The molecule has 102 valence electrons. The lowest BCUT2D eigenvalue weighted by molar-refractivity contribution is 0.408. The molecule has 5 nitrogen and oxygen atoms in total. The average molecular weight is 261 g/mol. The molecule has 0 atom stereocenters. The van der Waals surface area contributed by atoms with Crippen molar-refractivity contribution in [3.05, 3.63) is 46.6 Å². The highest BCUT2D eigenvalue weighted by atomic mass is 16.5. The predicted molar refractivity (Wildman–Crippen MR) is 75.6 cm³/mol. The molecule has 0 bridgehead atoms. The number of hydrogen-bond acceptors (Lipinski definition) is 3. The standard InChI is InChI=1S/C14H19N3O2/c1-10(2)17-7-6-16(14(17)18)9-11-4-5-12(15)8-13(11)19-3/h4-8,10H,9,15H2,1-3H3. The Morgan fingerprint density at radius 2 is 2.05 bits per heavy atom. The van der Waals surface area contributed by atoms with Crippen LogP contribution in [0.3, 0.4) is 0 Å². The SMILES string of the molecule is COc1cc(N)ccc1Cn1ccn(C(C)C)c1=O. The van der Waals surface area contributed by atoms with Gasteiger partial charge in [-0.05, 0) is 19.9 Å². The second-order valence-corrected chi connectivity index (χ2v) is 4.78. The van der Waals surface area contributed by atoms with Crippen molar-refractivity contribution >= 4 is 5.69 Å². The molecule has 1 aromatic heterocycles. The van der Waals surface area contributed by atoms with Gasteiger partial charge in [-0.25, -0.2) is 4.79 Å². The van der Waals surface area contributed by atoms with Crippen LogP contribution >= 0.6 is 0 Å². The molecule has 0 aliphatic carbocycles. The van der Waals surface area contributed by atoms with Gasteiger partial charge in [-0.15, -0.1) is 0 Å². The molecule has 0 spiro atoms. The highest BCUT2D eigenvalue weighted by Gasteiger charge is 2.09. The minimum atomic E-state index is -0.0196. The largest absolute Gasteiger partial charge is 0.496 e. The molecule has 0 amide bonds. The number of ether oxygens (including phenoxy) is 1. The Morgan fingerprint density at radius 3 is 2.63 bits per heavy atom. The monoisotopic (exact) mass is 261 g/mol. The predicted octanol–water partition coefficient (Wildman–Crippen LogP) is 1.87. The van der Waals surface area contributed by atoms with Crippen molar-refractivity contribution < 1.29 is 4.74 Å². The second-order valence-electron chi connectivity index (χ2n) is 4.78. The van der Waals surface area contributed by atoms with E-state index in [-0.39, 0.29) is 11.7 Å². The summed E-state index contributed by atoms with van der Waals surface area (Å²) in [7, 11) is 1.60. The molecule has 2 aromatic rings. The van der Waals surface area contributed by atoms with Crippen molar-refractivity contribution in [1.82, 2.24) is 9.13 Å². The number of methoxy groups -OCH3 is 1. The molecule has 0 saturated carbocycles. The Kier molecular flexibility index (Phi) is 3.64. The van der Waals surface area contributed by atoms with Crippen molar-refractivity contribution in [2.45, 2.75) is 26.4 Å². The minimum Gasteiger partial charge on any atom is -0.496 e. The summed E-state index contributed by atoms with van der Waals surface area (Å²) in [6.45, 7) is 4.44. The van der Waals surface area contributed by atoms with Crippen LogP contribution in [0, 0.1) is 0 Å². The summed E-state index contributed by atoms with van der Waals surface area (Å²) < 4.78 is 8.65. The number of nitrogens with zero attached hydrogens (tertiary/aromatic N) is 2. The highest BCUT2D eigenvalue weighted by Crippen LogP contribution is 2.22. The zero-order chi connectivity index (χ0) is 14.0. The number of anilines is 1. The van der Waals surface area contributed by atoms with Gasteiger partial charge in [0.1, 0.15) is 5.75 Å². The fourth-order valence-corrected chi connectivity index (χ4v) is 2.02. The van der Waals surface area contributed by atoms with Gasteiger partial charge in [-0.1, -0.05) is 6.07 Å². The van der Waals surface area contributed by atoms with Gasteiger partial charge in [0.25, 0.3) is 0 Å². The van der Waals surface area contributed by atoms with Gasteiger partial charge in [0, 0.05) is 35.8 Å². The van der Waals surface area contributed by atoms with E-state index in [4.69, 9.17) is 10.5 Å². The van der Waals surface area contributed by atoms with E-state index in [2.05, 4.69) is 0 Å². The van der Waals surface area contributed by atoms with Crippen molar-refractivity contribution in [2.24, 2.45) is 0 Å². The molecule has 0 saturated heterocycles. The molecule has 1 aromatic carbocycles. The average Bonchev–Trinajstić information content (AvgIpc) is 2.73. The van der Waals surface area contributed by atoms with Crippen molar-refractivity contribution in [1.29, 1.82) is 0 Å². The Labute approximate surface area is 112 Å². The lowest BCUT2D eigenvalue weighted by atomic mass is 10.2. The molecular formula is C14H19N3O2. The van der Waals surface area contributed by atoms with Crippen molar-refractivity contribution in [2.75, 3.05) is 12.8 Å². The quantitative estimate of drug-likeness (QED) is 0.855. The third kappa shape index (κ3) is 2.65. The first kappa shape index (κ1) is 13.3. The summed E-state index contributed by atoms with van der Waals surface area (Å²) in [5.74, 6) is 0.698. The molecule has 5 heteroatoms. The first-order chi connectivity index (χ1) is 9.02. The maximum Gasteiger partial charge on any atom is 0.328 e. The highest BCUT2D eigenvalue weighted by molar-refractivity contribution is 5.48. The molecule has 0 fully saturated rings. The van der Waals surface area contributed by atoms with E-state index in [9.17, 15) is 4.79 Å². The zero-order valence-electron chi connectivity index (χ0n) is 11.5. The van der Waals surface area contributed by atoms with Crippen LogP contribution in [0.5, 0.6) is 5.75 Å². The molecule has 0 aliphatic heterocycles. The lowest BCUT2D eigenvalue weighted by Gasteiger charge is -2.10. The van der Waals surface area contributed by atoms with E-state index < -0.39 is 0 Å². The third-order valence-corrected chi connectivity index (χ3v) is 3.08. The first-order valence-electron chi connectivity index (χ1n) is 6.22. The van der Waals surface area contributed by atoms with E-state index in [1.54, 1.807) is 34.7 Å². The van der Waals surface area contributed by atoms with Gasteiger partial charge >= 0.3 is 5.69 Å². The minimum absolute atomic E-state index is 0.0196. The van der Waals surface area contributed by atoms with E-state index in [1.165, 1.54) is 0 Å². The Hall–Kier alpha value is -2.17. The zero-order valence-corrected chi connectivity index (χ0v) is 11.5. The number of benzene rings is 1. The van der Waals surface area contributed by atoms with Crippen LogP contribution in [0.2, 0.25) is 0 Å². The summed E-state index contributed by atoms with van der Waals surface area (Å²) in [6.07, 6.45) is 3.59. The summed E-state index contributed by atoms with van der Waals surface area (Å²) in [5, 5.41) is 0. The van der Waals surface area contributed by atoms with E-state index in [1.807, 2.05) is 26.0 Å². The van der Waals surface area contributed by atoms with Crippen LogP contribution in [0.15, 0.2) is 35.4 Å². The summed E-state index contributed by atoms with van der Waals surface area (Å²) >= 11 is 0. The second kappa shape index (κ2) is 5.22. The summed E-state index contributed by atoms with van der Waals surface area (Å²) in [4.78, 5) is 12.1. The molecule has 2 N–H and O–H groups in total. The normalized spacial score (nSPS) is 10.9. The van der Waals surface area contributed by atoms with Gasteiger partial charge in [-0.2, -0.15) is 0 Å². The molecule has 1 heterocycles. The van der Waals surface area contributed by atoms with Crippen LogP contribution in [0.25, 0.3) is 0 Å². The van der Waals surface area contributed by atoms with Gasteiger partial charge in [0.15, 0.2) is 0 Å². The fraction of sp³-hybridized carbons (Fsp3) is 0.357. The third-order valence-electron chi connectivity index (χ3n) is 3.08.